The van der Waals surface area contributed by atoms with Crippen molar-refractivity contribution < 1.29 is 4.79 Å². The Morgan fingerprint density at radius 2 is 1.81 bits per heavy atom. The van der Waals surface area contributed by atoms with Gasteiger partial charge in [-0.05, 0) is 45.7 Å². The molecule has 1 saturated carbocycles. The van der Waals surface area contributed by atoms with Gasteiger partial charge in [0.1, 0.15) is 11.5 Å². The van der Waals surface area contributed by atoms with Crippen LogP contribution in [0.4, 0.5) is 0 Å². The summed E-state index contributed by atoms with van der Waals surface area (Å²) in [7, 11) is 0. The lowest BCUT2D eigenvalue weighted by Gasteiger charge is -2.39. The highest BCUT2D eigenvalue weighted by atomic mass is 16.2. The van der Waals surface area contributed by atoms with Crippen LogP contribution in [0, 0.1) is 6.92 Å². The summed E-state index contributed by atoms with van der Waals surface area (Å²) in [6.45, 7) is 4.83. The molecule has 32 heavy (non-hydrogen) atoms. The van der Waals surface area contributed by atoms with Gasteiger partial charge in [-0.2, -0.15) is 0 Å². The molecule has 2 aliphatic heterocycles. The zero-order chi connectivity index (χ0) is 22.1. The first-order valence-corrected chi connectivity index (χ1v) is 12.0. The Balaban J connectivity index is 1.26. The van der Waals surface area contributed by atoms with Crippen LogP contribution in [0.2, 0.25) is 0 Å². The van der Waals surface area contributed by atoms with Gasteiger partial charge in [0.05, 0.1) is 29.7 Å². The summed E-state index contributed by atoms with van der Waals surface area (Å²) in [5.74, 6) is 0.957. The van der Waals surface area contributed by atoms with E-state index in [0.29, 0.717) is 30.1 Å². The van der Waals surface area contributed by atoms with Gasteiger partial charge in [-0.25, -0.2) is 9.97 Å². The minimum absolute atomic E-state index is 0.104. The maximum Gasteiger partial charge on any atom is 0.274 e. The molecule has 0 bridgehead atoms. The standard InChI is InChI=1S/C24H32N6O2/c1-16-13-26-21(14-25-16)24(32)30-12-9-20-19(15-30)23(31)28-22(27-20)17-7-10-29(11-8-17)18-5-3-2-4-6-18/h13-14,17-18H,2-12,15H2,1H3,(H,27,28,31). The predicted molar refractivity (Wildman–Crippen MR) is 120 cm³/mol. The van der Waals surface area contributed by atoms with Crippen molar-refractivity contribution in [3.8, 4) is 0 Å². The molecule has 1 aliphatic carbocycles. The largest absolute Gasteiger partial charge is 0.332 e. The van der Waals surface area contributed by atoms with E-state index in [9.17, 15) is 9.59 Å². The van der Waals surface area contributed by atoms with Crippen LogP contribution in [0.3, 0.4) is 0 Å². The minimum Gasteiger partial charge on any atom is -0.332 e. The Bertz CT molecular complexity index is 1020. The lowest BCUT2D eigenvalue weighted by Crippen LogP contribution is -2.43. The summed E-state index contributed by atoms with van der Waals surface area (Å²) in [4.78, 5) is 46.3. The van der Waals surface area contributed by atoms with Crippen molar-refractivity contribution in [3.63, 3.8) is 0 Å². The third-order valence-electron chi connectivity index (χ3n) is 7.38. The molecule has 3 aliphatic rings. The number of nitrogens with one attached hydrogen (secondary N) is 1. The van der Waals surface area contributed by atoms with Gasteiger partial charge in [-0.1, -0.05) is 19.3 Å². The first-order valence-electron chi connectivity index (χ1n) is 12.0. The molecule has 8 heteroatoms. The van der Waals surface area contributed by atoms with Gasteiger partial charge in [0.2, 0.25) is 0 Å². The number of carbonyl (C=O) groups is 1. The molecule has 2 aromatic heterocycles. The number of hydrogen-bond donors (Lipinski definition) is 1. The van der Waals surface area contributed by atoms with E-state index in [-0.39, 0.29) is 18.0 Å². The molecular formula is C24H32N6O2. The molecule has 0 unspecified atom stereocenters. The van der Waals surface area contributed by atoms with Crippen LogP contribution in [0.25, 0.3) is 0 Å². The van der Waals surface area contributed by atoms with E-state index in [1.54, 1.807) is 11.1 Å². The van der Waals surface area contributed by atoms with E-state index >= 15 is 0 Å². The first kappa shape index (κ1) is 21.2. The summed E-state index contributed by atoms with van der Waals surface area (Å²) in [6, 6.07) is 0.752. The highest BCUT2D eigenvalue weighted by molar-refractivity contribution is 5.92. The minimum atomic E-state index is -0.193. The normalized spacial score (nSPS) is 20.8. The van der Waals surface area contributed by atoms with Crippen LogP contribution in [-0.4, -0.2) is 61.3 Å². The highest BCUT2D eigenvalue weighted by Crippen LogP contribution is 2.31. The number of piperidine rings is 1. The zero-order valence-corrected chi connectivity index (χ0v) is 18.8. The van der Waals surface area contributed by atoms with Gasteiger partial charge in [0, 0.05) is 31.1 Å². The number of amides is 1. The zero-order valence-electron chi connectivity index (χ0n) is 18.8. The number of fused-ring (bicyclic) bond motifs is 1. The van der Waals surface area contributed by atoms with E-state index in [2.05, 4.69) is 19.9 Å². The predicted octanol–water partition coefficient (Wildman–Crippen LogP) is 2.58. The molecule has 0 aromatic carbocycles. The van der Waals surface area contributed by atoms with E-state index in [1.807, 2.05) is 6.92 Å². The molecule has 0 atom stereocenters. The molecule has 1 amide bonds. The second-order valence-electron chi connectivity index (χ2n) is 9.50. The smallest absolute Gasteiger partial charge is 0.274 e. The number of likely N-dealkylation sites (tertiary alicyclic amines) is 1. The molecule has 2 aromatic rings. The van der Waals surface area contributed by atoms with Crippen molar-refractivity contribution in [1.29, 1.82) is 0 Å². The third-order valence-corrected chi connectivity index (χ3v) is 7.38. The van der Waals surface area contributed by atoms with Gasteiger partial charge < -0.3 is 14.8 Å². The Hall–Kier alpha value is -2.61. The first-order chi connectivity index (χ1) is 15.6. The van der Waals surface area contributed by atoms with Gasteiger partial charge >= 0.3 is 0 Å². The lowest BCUT2D eigenvalue weighted by atomic mass is 9.89. The number of rotatable bonds is 3. The molecule has 1 N–H and O–H groups in total. The quantitative estimate of drug-likeness (QED) is 0.795. The Morgan fingerprint density at radius 3 is 2.53 bits per heavy atom. The third kappa shape index (κ3) is 4.33. The van der Waals surface area contributed by atoms with Crippen molar-refractivity contribution in [2.45, 2.75) is 76.8 Å². The van der Waals surface area contributed by atoms with E-state index in [1.165, 1.54) is 38.3 Å². The van der Waals surface area contributed by atoms with E-state index in [4.69, 9.17) is 4.98 Å². The average Bonchev–Trinajstić information content (AvgIpc) is 2.84. The van der Waals surface area contributed by atoms with E-state index in [0.717, 1.165) is 49.2 Å². The number of carbonyl (C=O) groups excluding carboxylic acids is 1. The van der Waals surface area contributed by atoms with Crippen molar-refractivity contribution >= 4 is 5.91 Å². The molecule has 1 saturated heterocycles. The second kappa shape index (κ2) is 9.10. The van der Waals surface area contributed by atoms with Gasteiger partial charge in [0.15, 0.2) is 0 Å². The fourth-order valence-corrected chi connectivity index (χ4v) is 5.46. The van der Waals surface area contributed by atoms with Crippen molar-refractivity contribution in [2.24, 2.45) is 0 Å². The van der Waals surface area contributed by atoms with Crippen LogP contribution >= 0.6 is 0 Å². The number of H-pyrrole nitrogens is 1. The molecular weight excluding hydrogens is 404 g/mol. The SMILES string of the molecule is Cc1cnc(C(=O)N2CCc3nc(C4CCN(C5CCCCC5)CC4)[nH]c(=O)c3C2)cn1. The summed E-state index contributed by atoms with van der Waals surface area (Å²) in [5, 5.41) is 0. The molecule has 8 nitrogen and oxygen atoms in total. The number of nitrogens with zero attached hydrogens (tertiary/aromatic N) is 5. The Morgan fingerprint density at radius 1 is 1.03 bits per heavy atom. The topological polar surface area (TPSA) is 95.1 Å². The summed E-state index contributed by atoms with van der Waals surface area (Å²) < 4.78 is 0. The van der Waals surface area contributed by atoms with Gasteiger partial charge in [-0.15, -0.1) is 0 Å². The Labute approximate surface area is 188 Å². The molecule has 0 spiro atoms. The summed E-state index contributed by atoms with van der Waals surface area (Å²) in [6.07, 6.45) is 12.6. The Kier molecular flexibility index (Phi) is 6.04. The number of hydrogen-bond acceptors (Lipinski definition) is 6. The van der Waals surface area contributed by atoms with Crippen LogP contribution in [0.15, 0.2) is 17.2 Å². The maximum atomic E-state index is 12.9. The fourth-order valence-electron chi connectivity index (χ4n) is 5.46. The summed E-state index contributed by atoms with van der Waals surface area (Å²) in [5.41, 5.74) is 2.42. The number of aromatic nitrogens is 4. The number of aromatic amines is 1. The van der Waals surface area contributed by atoms with Crippen molar-refractivity contribution in [1.82, 2.24) is 29.7 Å². The monoisotopic (exact) mass is 436 g/mol. The van der Waals surface area contributed by atoms with Crippen LogP contribution in [-0.2, 0) is 13.0 Å². The van der Waals surface area contributed by atoms with Crippen molar-refractivity contribution in [2.75, 3.05) is 19.6 Å². The van der Waals surface area contributed by atoms with Crippen LogP contribution < -0.4 is 5.56 Å². The average molecular weight is 437 g/mol. The fraction of sp³-hybridized carbons (Fsp3) is 0.625. The second-order valence-corrected chi connectivity index (χ2v) is 9.50. The lowest BCUT2D eigenvalue weighted by molar-refractivity contribution is 0.0725. The molecule has 170 valence electrons. The molecule has 0 radical (unpaired) electrons. The van der Waals surface area contributed by atoms with Gasteiger partial charge in [-0.3, -0.25) is 14.6 Å². The summed E-state index contributed by atoms with van der Waals surface area (Å²) >= 11 is 0. The van der Waals surface area contributed by atoms with Crippen molar-refractivity contribution in [3.05, 3.63) is 51.2 Å². The highest BCUT2D eigenvalue weighted by Gasteiger charge is 2.30. The van der Waals surface area contributed by atoms with E-state index < -0.39 is 0 Å². The molecule has 2 fully saturated rings. The van der Waals surface area contributed by atoms with Gasteiger partial charge in [0.25, 0.3) is 11.5 Å². The number of aryl methyl sites for hydroxylation is 1. The van der Waals surface area contributed by atoms with Crippen LogP contribution in [0.5, 0.6) is 0 Å². The van der Waals surface area contributed by atoms with Crippen LogP contribution in [0.1, 0.15) is 84.1 Å². The molecule has 4 heterocycles. The molecule has 5 rings (SSSR count). The maximum absolute atomic E-state index is 12.9.